The Balaban J connectivity index is 1.60. The molecule has 26 heavy (non-hydrogen) atoms. The second-order valence-corrected chi connectivity index (χ2v) is 7.85. The second-order valence-electron chi connectivity index (χ2n) is 5.98. The normalized spacial score (nSPS) is 12.5. The van der Waals surface area contributed by atoms with Gasteiger partial charge in [0.05, 0.1) is 32.8 Å². The summed E-state index contributed by atoms with van der Waals surface area (Å²) in [6.45, 7) is 0. The molecule has 1 amide bonds. The molecule has 1 unspecified atom stereocenters. The zero-order valence-electron chi connectivity index (χ0n) is 14.2. The Morgan fingerprint density at radius 3 is 3.00 bits per heavy atom. The van der Waals surface area contributed by atoms with Crippen LogP contribution in [-0.4, -0.2) is 32.9 Å². The van der Waals surface area contributed by atoms with Gasteiger partial charge in [-0.1, -0.05) is 12.1 Å². The van der Waals surface area contributed by atoms with Gasteiger partial charge in [0.25, 0.3) is 5.91 Å². The van der Waals surface area contributed by atoms with E-state index < -0.39 is 0 Å². The van der Waals surface area contributed by atoms with Crippen LogP contribution in [-0.2, 0) is 0 Å². The average molecular weight is 383 g/mol. The number of H-pyrrole nitrogens is 1. The van der Waals surface area contributed by atoms with Crippen molar-refractivity contribution in [3.63, 3.8) is 0 Å². The first-order valence-electron chi connectivity index (χ1n) is 8.32. The van der Waals surface area contributed by atoms with Gasteiger partial charge in [0.2, 0.25) is 0 Å². The van der Waals surface area contributed by atoms with E-state index in [1.54, 1.807) is 17.3 Å². The lowest BCUT2D eigenvalue weighted by Crippen LogP contribution is -2.29. The van der Waals surface area contributed by atoms with E-state index in [2.05, 4.69) is 26.5 Å². The lowest BCUT2D eigenvalue weighted by molar-refractivity contribution is 0.0934. The Kier molecular flexibility index (Phi) is 4.90. The number of carbonyl (C=O) groups is 1. The van der Waals surface area contributed by atoms with Crippen LogP contribution in [0.1, 0.15) is 28.6 Å². The van der Waals surface area contributed by atoms with Crippen molar-refractivity contribution in [3.8, 4) is 0 Å². The Bertz CT molecular complexity index is 1020. The number of para-hydroxylation sites is 2. The molecule has 2 aromatic heterocycles. The lowest BCUT2D eigenvalue weighted by atomic mass is 10.1. The first-order valence-corrected chi connectivity index (χ1v) is 10.6. The third kappa shape index (κ3) is 3.45. The predicted octanol–water partition coefficient (Wildman–Crippen LogP) is 4.40. The highest BCUT2D eigenvalue weighted by atomic mass is 32.2. The molecule has 7 heteroatoms. The number of imidazole rings is 1. The molecule has 2 heterocycles. The number of thioether (sulfide) groups is 1. The maximum Gasteiger partial charge on any atom is 0.251 e. The van der Waals surface area contributed by atoms with Crippen LogP contribution in [0.15, 0.2) is 48.0 Å². The summed E-state index contributed by atoms with van der Waals surface area (Å²) >= 11 is 3.30. The molecule has 0 aliphatic rings. The van der Waals surface area contributed by atoms with Gasteiger partial charge in [-0.25, -0.2) is 9.97 Å². The third-order valence-corrected chi connectivity index (χ3v) is 5.68. The summed E-state index contributed by atoms with van der Waals surface area (Å²) in [7, 11) is 0. The summed E-state index contributed by atoms with van der Waals surface area (Å²) in [4.78, 5) is 25.1. The van der Waals surface area contributed by atoms with E-state index in [9.17, 15) is 4.79 Å². The molecule has 1 atom stereocenters. The summed E-state index contributed by atoms with van der Waals surface area (Å²) < 4.78 is 1.02. The van der Waals surface area contributed by atoms with Crippen molar-refractivity contribution in [1.29, 1.82) is 0 Å². The van der Waals surface area contributed by atoms with E-state index in [0.29, 0.717) is 5.56 Å². The van der Waals surface area contributed by atoms with Crippen molar-refractivity contribution in [1.82, 2.24) is 20.3 Å². The van der Waals surface area contributed by atoms with E-state index in [-0.39, 0.29) is 11.9 Å². The Labute approximate surface area is 159 Å². The molecular weight excluding hydrogens is 364 g/mol. The fraction of sp³-hybridized carbons (Fsp3) is 0.211. The number of hydrogen-bond donors (Lipinski definition) is 2. The van der Waals surface area contributed by atoms with Crippen molar-refractivity contribution in [2.75, 3.05) is 12.0 Å². The minimum Gasteiger partial charge on any atom is -0.342 e. The maximum atomic E-state index is 12.8. The molecule has 0 aliphatic carbocycles. The number of fused-ring (bicyclic) bond motifs is 2. The highest BCUT2D eigenvalue weighted by Crippen LogP contribution is 2.22. The van der Waals surface area contributed by atoms with Crippen LogP contribution in [0.25, 0.3) is 21.3 Å². The Hall–Kier alpha value is -2.38. The van der Waals surface area contributed by atoms with E-state index in [4.69, 9.17) is 0 Å². The molecule has 0 bridgehead atoms. The number of benzene rings is 2. The Morgan fingerprint density at radius 2 is 2.15 bits per heavy atom. The number of amides is 1. The summed E-state index contributed by atoms with van der Waals surface area (Å²) in [5.41, 5.74) is 5.26. The molecule has 4 rings (SSSR count). The van der Waals surface area contributed by atoms with Gasteiger partial charge in [-0.3, -0.25) is 4.79 Å². The van der Waals surface area contributed by atoms with Crippen LogP contribution in [0.5, 0.6) is 0 Å². The zero-order valence-corrected chi connectivity index (χ0v) is 15.9. The highest BCUT2D eigenvalue weighted by molar-refractivity contribution is 7.98. The van der Waals surface area contributed by atoms with Gasteiger partial charge in [-0.15, -0.1) is 11.3 Å². The van der Waals surface area contributed by atoms with Crippen LogP contribution in [0.3, 0.4) is 0 Å². The monoisotopic (exact) mass is 382 g/mol. The van der Waals surface area contributed by atoms with Crippen LogP contribution in [0.2, 0.25) is 0 Å². The van der Waals surface area contributed by atoms with Gasteiger partial charge < -0.3 is 10.3 Å². The molecular formula is C19H18N4OS2. The van der Waals surface area contributed by atoms with Crippen molar-refractivity contribution in [2.45, 2.75) is 12.5 Å². The number of carbonyl (C=O) groups excluding carboxylic acids is 1. The van der Waals surface area contributed by atoms with Crippen molar-refractivity contribution >= 4 is 50.3 Å². The Morgan fingerprint density at radius 1 is 1.27 bits per heavy atom. The topological polar surface area (TPSA) is 70.7 Å². The molecule has 5 nitrogen and oxygen atoms in total. The highest BCUT2D eigenvalue weighted by Gasteiger charge is 2.19. The van der Waals surface area contributed by atoms with E-state index in [1.807, 2.05) is 42.5 Å². The number of aromatic nitrogens is 3. The molecule has 0 saturated heterocycles. The fourth-order valence-electron chi connectivity index (χ4n) is 2.89. The molecule has 0 radical (unpaired) electrons. The summed E-state index contributed by atoms with van der Waals surface area (Å²) in [5.74, 6) is 1.65. The van der Waals surface area contributed by atoms with Crippen LogP contribution < -0.4 is 5.32 Å². The number of nitrogens with zero attached hydrogens (tertiary/aromatic N) is 2. The average Bonchev–Trinajstić information content (AvgIpc) is 3.30. The summed E-state index contributed by atoms with van der Waals surface area (Å²) in [5, 5.41) is 3.14. The number of hydrogen-bond acceptors (Lipinski definition) is 5. The molecule has 0 aliphatic heterocycles. The summed E-state index contributed by atoms with van der Waals surface area (Å²) in [6.07, 6.45) is 2.88. The molecule has 4 aromatic rings. The van der Waals surface area contributed by atoms with Crippen LogP contribution in [0, 0.1) is 0 Å². The minimum atomic E-state index is -0.153. The third-order valence-electron chi connectivity index (χ3n) is 4.25. The lowest BCUT2D eigenvalue weighted by Gasteiger charge is -2.16. The first kappa shape index (κ1) is 17.1. The maximum absolute atomic E-state index is 12.8. The number of rotatable bonds is 6. The van der Waals surface area contributed by atoms with Gasteiger partial charge in [-0.05, 0) is 48.8 Å². The fourth-order valence-corrected chi connectivity index (χ4v) is 4.08. The molecule has 2 aromatic carbocycles. The second kappa shape index (κ2) is 7.47. The molecule has 0 spiro atoms. The standard InChI is InChI=1S/C19H18N4OS2/c1-25-9-8-16(18-21-13-4-2-3-5-14(13)22-18)23-19(24)12-6-7-15-17(10-12)26-11-20-15/h2-7,10-11,16H,8-9H2,1H3,(H,21,22)(H,23,24). The smallest absolute Gasteiger partial charge is 0.251 e. The summed E-state index contributed by atoms with van der Waals surface area (Å²) in [6, 6.07) is 13.4. The molecule has 132 valence electrons. The minimum absolute atomic E-state index is 0.0909. The van der Waals surface area contributed by atoms with Gasteiger partial charge >= 0.3 is 0 Å². The quantitative estimate of drug-likeness (QED) is 0.519. The van der Waals surface area contributed by atoms with Crippen LogP contribution in [0.4, 0.5) is 0 Å². The largest absolute Gasteiger partial charge is 0.342 e. The van der Waals surface area contributed by atoms with Crippen molar-refractivity contribution in [3.05, 3.63) is 59.4 Å². The predicted molar refractivity (Wildman–Crippen MR) is 109 cm³/mol. The van der Waals surface area contributed by atoms with Gasteiger partial charge in [0, 0.05) is 5.56 Å². The van der Waals surface area contributed by atoms with Gasteiger partial charge in [0.15, 0.2) is 0 Å². The van der Waals surface area contributed by atoms with Gasteiger partial charge in [-0.2, -0.15) is 11.8 Å². The van der Waals surface area contributed by atoms with Crippen molar-refractivity contribution < 1.29 is 4.79 Å². The zero-order chi connectivity index (χ0) is 17.9. The van der Waals surface area contributed by atoms with Crippen LogP contribution >= 0.6 is 23.1 Å². The number of aromatic amines is 1. The van der Waals surface area contributed by atoms with E-state index in [0.717, 1.165) is 39.2 Å². The molecule has 0 saturated carbocycles. The number of thiazole rings is 1. The first-order chi connectivity index (χ1) is 12.7. The van der Waals surface area contributed by atoms with Crippen molar-refractivity contribution in [2.24, 2.45) is 0 Å². The van der Waals surface area contributed by atoms with E-state index in [1.165, 1.54) is 11.3 Å². The SMILES string of the molecule is CSCCC(NC(=O)c1ccc2ncsc2c1)c1nc2ccccc2[nH]1. The van der Waals surface area contributed by atoms with Gasteiger partial charge in [0.1, 0.15) is 5.82 Å². The van der Waals surface area contributed by atoms with E-state index >= 15 is 0 Å². The molecule has 0 fully saturated rings. The number of nitrogens with one attached hydrogen (secondary N) is 2. The molecule has 2 N–H and O–H groups in total.